The zero-order valence-corrected chi connectivity index (χ0v) is 18.1. The molecule has 1 atom stereocenters. The molecule has 0 bridgehead atoms. The van der Waals surface area contributed by atoms with Crippen molar-refractivity contribution in [2.45, 2.75) is 47.2 Å². The van der Waals surface area contributed by atoms with Crippen LogP contribution in [-0.2, 0) is 6.54 Å². The highest BCUT2D eigenvalue weighted by atomic mass is 16.4. The van der Waals surface area contributed by atoms with Crippen LogP contribution in [0.2, 0.25) is 0 Å². The van der Waals surface area contributed by atoms with Crippen LogP contribution in [0.3, 0.4) is 0 Å². The average Bonchev–Trinajstić information content (AvgIpc) is 2.68. The molecule has 30 heavy (non-hydrogen) atoms. The van der Waals surface area contributed by atoms with Gasteiger partial charge in [0.25, 0.3) is 5.56 Å². The molecule has 3 aromatic rings. The van der Waals surface area contributed by atoms with Crippen LogP contribution in [0.4, 0.5) is 4.79 Å². The van der Waals surface area contributed by atoms with Crippen LogP contribution in [0.15, 0.2) is 53.5 Å². The fraction of sp³-hybridized carbons (Fsp3) is 0.375. The molecule has 0 radical (unpaired) electrons. The Kier molecular flexibility index (Phi) is 5.97. The van der Waals surface area contributed by atoms with Crippen molar-refractivity contribution in [3.05, 3.63) is 64.7 Å². The van der Waals surface area contributed by atoms with Crippen molar-refractivity contribution < 1.29 is 9.90 Å². The Morgan fingerprint density at radius 2 is 1.80 bits per heavy atom. The van der Waals surface area contributed by atoms with Crippen molar-refractivity contribution in [2.75, 3.05) is 0 Å². The molecule has 6 nitrogen and oxygen atoms in total. The lowest BCUT2D eigenvalue weighted by Crippen LogP contribution is -2.41. The maximum Gasteiger partial charge on any atom is 0.405 e. The van der Waals surface area contributed by atoms with E-state index in [1.54, 1.807) is 10.8 Å². The molecular weight excluding hydrogens is 378 g/mol. The summed E-state index contributed by atoms with van der Waals surface area (Å²) in [4.78, 5) is 29.6. The van der Waals surface area contributed by atoms with Crippen LogP contribution >= 0.6 is 0 Å². The molecule has 0 saturated heterocycles. The summed E-state index contributed by atoms with van der Waals surface area (Å²) in [6.45, 7) is 10.5. The predicted molar refractivity (Wildman–Crippen MR) is 120 cm³/mol. The van der Waals surface area contributed by atoms with Gasteiger partial charge < -0.3 is 15.0 Å². The average molecular weight is 408 g/mol. The molecule has 0 aliphatic heterocycles. The van der Waals surface area contributed by atoms with Crippen LogP contribution in [-0.4, -0.2) is 20.8 Å². The Hall–Kier alpha value is -3.15. The Bertz CT molecular complexity index is 1110. The van der Waals surface area contributed by atoms with Gasteiger partial charge in [-0.2, -0.15) is 0 Å². The van der Waals surface area contributed by atoms with E-state index in [1.807, 2.05) is 77.1 Å². The van der Waals surface area contributed by atoms with Gasteiger partial charge >= 0.3 is 6.09 Å². The number of amides is 1. The number of nitrogens with one attached hydrogen (secondary N) is 1. The second-order valence-electron chi connectivity index (χ2n) is 9.08. The minimum absolute atomic E-state index is 0.191. The number of hydrogen-bond donors (Lipinski definition) is 2. The summed E-state index contributed by atoms with van der Waals surface area (Å²) in [5.74, 6) is 0.191. The third-order valence-electron chi connectivity index (χ3n) is 5.09. The molecular formula is C24H29N3O3. The van der Waals surface area contributed by atoms with Gasteiger partial charge in [0.1, 0.15) is 5.52 Å². The standard InChI is InChI=1S/C24H29N3O3/c1-15(2)14-27-20(21(24(3,4)5)26-23(29)30)18(16-10-7-6-8-11-16)17-12-9-13-25-19(17)22(27)28/h6-13,15,21,26H,14H2,1-5H3,(H,29,30). The Morgan fingerprint density at radius 3 is 2.37 bits per heavy atom. The molecule has 2 N–H and O–H groups in total. The zero-order valence-electron chi connectivity index (χ0n) is 18.1. The molecule has 158 valence electrons. The van der Waals surface area contributed by atoms with E-state index in [4.69, 9.17) is 0 Å². The first-order valence-corrected chi connectivity index (χ1v) is 10.2. The number of benzene rings is 1. The molecule has 1 aromatic carbocycles. The SMILES string of the molecule is CC(C)Cn1c(C(NC(=O)O)C(C)(C)C)c(-c2ccccc2)c2cccnc2c1=O. The van der Waals surface area contributed by atoms with E-state index < -0.39 is 17.6 Å². The molecule has 2 aromatic heterocycles. The predicted octanol–water partition coefficient (Wildman–Crippen LogP) is 5.07. The zero-order chi connectivity index (χ0) is 22.1. The maximum atomic E-state index is 13.5. The van der Waals surface area contributed by atoms with Crippen molar-refractivity contribution in [2.24, 2.45) is 11.3 Å². The molecule has 0 spiro atoms. The van der Waals surface area contributed by atoms with Crippen LogP contribution < -0.4 is 10.9 Å². The number of carbonyl (C=O) groups is 1. The lowest BCUT2D eigenvalue weighted by molar-refractivity contribution is 0.172. The lowest BCUT2D eigenvalue weighted by Gasteiger charge is -2.35. The largest absolute Gasteiger partial charge is 0.465 e. The van der Waals surface area contributed by atoms with E-state index in [9.17, 15) is 14.7 Å². The molecule has 2 heterocycles. The van der Waals surface area contributed by atoms with Gasteiger partial charge in [0.2, 0.25) is 0 Å². The molecule has 0 aliphatic rings. The summed E-state index contributed by atoms with van der Waals surface area (Å²) in [5, 5.41) is 13.0. The first-order valence-electron chi connectivity index (χ1n) is 10.2. The smallest absolute Gasteiger partial charge is 0.405 e. The van der Waals surface area contributed by atoms with Crippen molar-refractivity contribution in [1.29, 1.82) is 0 Å². The lowest BCUT2D eigenvalue weighted by atomic mass is 9.81. The van der Waals surface area contributed by atoms with E-state index in [-0.39, 0.29) is 11.5 Å². The molecule has 0 saturated carbocycles. The quantitative estimate of drug-likeness (QED) is 0.618. The molecule has 1 unspecified atom stereocenters. The number of nitrogens with zero attached hydrogens (tertiary/aromatic N) is 2. The highest BCUT2D eigenvalue weighted by Gasteiger charge is 2.34. The number of fused-ring (bicyclic) bond motifs is 1. The van der Waals surface area contributed by atoms with Crippen molar-refractivity contribution in [3.63, 3.8) is 0 Å². The molecule has 0 aliphatic carbocycles. The normalized spacial score (nSPS) is 12.9. The highest BCUT2D eigenvalue weighted by molar-refractivity contribution is 5.95. The van der Waals surface area contributed by atoms with E-state index in [1.165, 1.54) is 0 Å². The van der Waals surface area contributed by atoms with E-state index in [2.05, 4.69) is 10.3 Å². The Morgan fingerprint density at radius 1 is 1.13 bits per heavy atom. The second-order valence-corrected chi connectivity index (χ2v) is 9.08. The Labute approximate surface area is 176 Å². The minimum atomic E-state index is -1.12. The summed E-state index contributed by atoms with van der Waals surface area (Å²) in [6.07, 6.45) is 0.498. The third kappa shape index (κ3) is 4.22. The fourth-order valence-corrected chi connectivity index (χ4v) is 3.86. The van der Waals surface area contributed by atoms with Crippen molar-refractivity contribution in [1.82, 2.24) is 14.9 Å². The summed E-state index contributed by atoms with van der Waals surface area (Å²) in [6, 6.07) is 12.9. The van der Waals surface area contributed by atoms with Crippen LogP contribution in [0.1, 0.15) is 46.4 Å². The second kappa shape index (κ2) is 8.30. The summed E-state index contributed by atoms with van der Waals surface area (Å²) < 4.78 is 1.72. The third-order valence-corrected chi connectivity index (χ3v) is 5.09. The van der Waals surface area contributed by atoms with Gasteiger partial charge in [-0.25, -0.2) is 4.79 Å². The topological polar surface area (TPSA) is 84.2 Å². The molecule has 1 amide bonds. The maximum absolute atomic E-state index is 13.5. The first kappa shape index (κ1) is 21.6. The van der Waals surface area contributed by atoms with Gasteiger partial charge in [-0.3, -0.25) is 9.78 Å². The number of pyridine rings is 2. The summed E-state index contributed by atoms with van der Waals surface area (Å²) in [7, 11) is 0. The van der Waals surface area contributed by atoms with Gasteiger partial charge in [-0.05, 0) is 23.0 Å². The van der Waals surface area contributed by atoms with Crippen LogP contribution in [0.5, 0.6) is 0 Å². The fourth-order valence-electron chi connectivity index (χ4n) is 3.86. The Balaban J connectivity index is 2.54. The number of rotatable bonds is 5. The van der Waals surface area contributed by atoms with Gasteiger partial charge in [0.15, 0.2) is 0 Å². The monoisotopic (exact) mass is 407 g/mol. The van der Waals surface area contributed by atoms with E-state index in [0.717, 1.165) is 16.5 Å². The number of carboxylic acid groups (broad SMARTS) is 1. The number of hydrogen-bond acceptors (Lipinski definition) is 3. The first-order chi connectivity index (χ1) is 14.1. The molecule has 0 fully saturated rings. The van der Waals surface area contributed by atoms with Gasteiger partial charge in [0.05, 0.1) is 11.7 Å². The van der Waals surface area contributed by atoms with E-state index >= 15 is 0 Å². The van der Waals surface area contributed by atoms with Crippen LogP contribution in [0.25, 0.3) is 22.0 Å². The summed E-state index contributed by atoms with van der Waals surface area (Å²) in [5.41, 5.74) is 2.16. The molecule has 6 heteroatoms. The van der Waals surface area contributed by atoms with Crippen LogP contribution in [0, 0.1) is 11.3 Å². The highest BCUT2D eigenvalue weighted by Crippen LogP contribution is 2.40. The number of aromatic nitrogens is 2. The van der Waals surface area contributed by atoms with Gasteiger partial charge in [0, 0.05) is 23.7 Å². The van der Waals surface area contributed by atoms with Crippen molar-refractivity contribution in [3.8, 4) is 11.1 Å². The van der Waals surface area contributed by atoms with Crippen molar-refractivity contribution >= 4 is 17.0 Å². The van der Waals surface area contributed by atoms with Gasteiger partial charge in [-0.1, -0.05) is 71.0 Å². The molecule has 3 rings (SSSR count). The summed E-state index contributed by atoms with van der Waals surface area (Å²) >= 11 is 0. The van der Waals surface area contributed by atoms with Gasteiger partial charge in [-0.15, -0.1) is 0 Å². The van der Waals surface area contributed by atoms with E-state index in [0.29, 0.717) is 17.8 Å². The minimum Gasteiger partial charge on any atom is -0.465 e.